The van der Waals surface area contributed by atoms with Gasteiger partial charge in [0.05, 0.1) is 12.0 Å². The van der Waals surface area contributed by atoms with E-state index < -0.39 is 0 Å². The monoisotopic (exact) mass is 361 g/mol. The van der Waals surface area contributed by atoms with Crippen LogP contribution in [0, 0.1) is 5.92 Å². The number of amides is 1. The second-order valence-electron chi connectivity index (χ2n) is 8.51. The molecule has 2 saturated heterocycles. The number of nitrogens with zero attached hydrogens (tertiary/aromatic N) is 5. The number of likely N-dealkylation sites (tertiary alicyclic amines) is 1. The van der Waals surface area contributed by atoms with Crippen molar-refractivity contribution in [3.05, 3.63) is 18.2 Å². The molecule has 1 amide bonds. The Kier molecular flexibility index (Phi) is 6.03. The average molecular weight is 362 g/mol. The number of imidazole rings is 1. The quantitative estimate of drug-likeness (QED) is 0.805. The van der Waals surface area contributed by atoms with Crippen molar-refractivity contribution < 1.29 is 4.79 Å². The second kappa shape index (κ2) is 8.09. The van der Waals surface area contributed by atoms with Gasteiger partial charge in [0.1, 0.15) is 0 Å². The molecule has 26 heavy (non-hydrogen) atoms. The molecule has 1 spiro atoms. The van der Waals surface area contributed by atoms with E-state index in [1.54, 1.807) is 0 Å². The Bertz CT molecular complexity index is 613. The molecule has 3 heterocycles. The molecule has 2 aliphatic rings. The zero-order valence-corrected chi connectivity index (χ0v) is 16.9. The van der Waals surface area contributed by atoms with E-state index in [0.717, 1.165) is 58.7 Å². The number of piperazine rings is 1. The first-order valence-corrected chi connectivity index (χ1v) is 10.1. The third-order valence-corrected chi connectivity index (χ3v) is 6.21. The van der Waals surface area contributed by atoms with Gasteiger partial charge >= 0.3 is 0 Å². The van der Waals surface area contributed by atoms with Gasteiger partial charge in [-0.3, -0.25) is 14.6 Å². The number of hydrogen-bond donors (Lipinski definition) is 0. The first-order valence-electron chi connectivity index (χ1n) is 10.1. The van der Waals surface area contributed by atoms with Crippen molar-refractivity contribution in [2.24, 2.45) is 5.92 Å². The van der Waals surface area contributed by atoms with E-state index >= 15 is 0 Å². The smallest absolute Gasteiger partial charge is 0.222 e. The number of hydrogen-bond acceptors (Lipinski definition) is 4. The third kappa shape index (κ3) is 4.12. The minimum Gasteiger partial charge on any atom is -0.343 e. The molecule has 0 bridgehead atoms. The molecule has 0 aliphatic carbocycles. The molecule has 0 radical (unpaired) electrons. The maximum absolute atomic E-state index is 12.3. The summed E-state index contributed by atoms with van der Waals surface area (Å²) in [6, 6.07) is 0. The van der Waals surface area contributed by atoms with Crippen LogP contribution in [0.15, 0.2) is 12.5 Å². The molecule has 2 fully saturated rings. The van der Waals surface area contributed by atoms with Crippen LogP contribution < -0.4 is 0 Å². The highest BCUT2D eigenvalue weighted by molar-refractivity contribution is 5.76. The lowest BCUT2D eigenvalue weighted by atomic mass is 9.86. The van der Waals surface area contributed by atoms with Crippen LogP contribution in [0.5, 0.6) is 0 Å². The van der Waals surface area contributed by atoms with Crippen molar-refractivity contribution in [2.75, 3.05) is 39.8 Å². The van der Waals surface area contributed by atoms with Crippen molar-refractivity contribution in [2.45, 2.75) is 58.7 Å². The maximum atomic E-state index is 12.3. The SMILES string of the molecule is CCN1CC[C@]2(CCC1=O)CN(Cc1cncn1CC(C)C)CCN2C. The van der Waals surface area contributed by atoms with Gasteiger partial charge in [0.25, 0.3) is 0 Å². The Morgan fingerprint density at radius 1 is 1.23 bits per heavy atom. The molecule has 6 heteroatoms. The number of likely N-dealkylation sites (N-methyl/N-ethyl adjacent to an activating group) is 1. The summed E-state index contributed by atoms with van der Waals surface area (Å²) in [7, 11) is 2.24. The molecule has 0 N–H and O–H groups in total. The lowest BCUT2D eigenvalue weighted by Gasteiger charge is -2.49. The predicted octanol–water partition coefficient (Wildman–Crippen LogP) is 2.06. The highest BCUT2D eigenvalue weighted by Gasteiger charge is 2.42. The normalized spacial score (nSPS) is 26.0. The summed E-state index contributed by atoms with van der Waals surface area (Å²) < 4.78 is 2.30. The summed E-state index contributed by atoms with van der Waals surface area (Å²) in [5.41, 5.74) is 1.43. The van der Waals surface area contributed by atoms with Crippen LogP contribution in [0.2, 0.25) is 0 Å². The Balaban J connectivity index is 1.70. The fourth-order valence-corrected chi connectivity index (χ4v) is 4.51. The van der Waals surface area contributed by atoms with Gasteiger partial charge in [-0.15, -0.1) is 0 Å². The highest BCUT2D eigenvalue weighted by Crippen LogP contribution is 2.32. The molecule has 0 aromatic carbocycles. The van der Waals surface area contributed by atoms with E-state index in [2.05, 4.69) is 47.2 Å². The molecule has 2 aliphatic heterocycles. The van der Waals surface area contributed by atoms with Crippen LogP contribution in [0.1, 0.15) is 45.7 Å². The van der Waals surface area contributed by atoms with Crippen LogP contribution in [-0.2, 0) is 17.9 Å². The summed E-state index contributed by atoms with van der Waals surface area (Å²) in [5, 5.41) is 0. The van der Waals surface area contributed by atoms with E-state index in [9.17, 15) is 4.79 Å². The molecule has 0 unspecified atom stereocenters. The van der Waals surface area contributed by atoms with Crippen molar-refractivity contribution in [3.63, 3.8) is 0 Å². The Morgan fingerprint density at radius 2 is 2.04 bits per heavy atom. The van der Waals surface area contributed by atoms with Crippen molar-refractivity contribution in [1.29, 1.82) is 0 Å². The van der Waals surface area contributed by atoms with Gasteiger partial charge in [0.2, 0.25) is 5.91 Å². The van der Waals surface area contributed by atoms with E-state index in [-0.39, 0.29) is 5.54 Å². The molecule has 1 aromatic heterocycles. The molecule has 146 valence electrons. The summed E-state index contributed by atoms with van der Waals surface area (Å²) in [4.78, 5) is 23.8. The van der Waals surface area contributed by atoms with Crippen LogP contribution >= 0.6 is 0 Å². The Labute approximate surface area is 158 Å². The van der Waals surface area contributed by atoms with Crippen molar-refractivity contribution in [1.82, 2.24) is 24.3 Å². The largest absolute Gasteiger partial charge is 0.343 e. The average Bonchev–Trinajstić information content (AvgIpc) is 2.95. The summed E-state index contributed by atoms with van der Waals surface area (Å²) in [6.45, 7) is 13.5. The summed E-state index contributed by atoms with van der Waals surface area (Å²) in [5.74, 6) is 0.944. The first-order chi connectivity index (χ1) is 12.4. The lowest BCUT2D eigenvalue weighted by molar-refractivity contribution is -0.130. The fourth-order valence-electron chi connectivity index (χ4n) is 4.51. The molecule has 1 aromatic rings. The van der Waals surface area contributed by atoms with Gasteiger partial charge in [-0.25, -0.2) is 4.98 Å². The van der Waals surface area contributed by atoms with Crippen LogP contribution in [-0.4, -0.2) is 75.5 Å². The van der Waals surface area contributed by atoms with Crippen molar-refractivity contribution in [3.8, 4) is 0 Å². The zero-order chi connectivity index (χ0) is 18.7. The minimum absolute atomic E-state index is 0.126. The van der Waals surface area contributed by atoms with E-state index in [1.807, 2.05) is 17.4 Å². The van der Waals surface area contributed by atoms with Gasteiger partial charge in [0, 0.05) is 64.0 Å². The van der Waals surface area contributed by atoms with Gasteiger partial charge in [-0.2, -0.15) is 0 Å². The van der Waals surface area contributed by atoms with Gasteiger partial charge in [-0.1, -0.05) is 13.8 Å². The minimum atomic E-state index is 0.126. The second-order valence-corrected chi connectivity index (χ2v) is 8.51. The van der Waals surface area contributed by atoms with Crippen LogP contribution in [0.3, 0.4) is 0 Å². The summed E-state index contributed by atoms with van der Waals surface area (Å²) in [6.07, 6.45) is 6.70. The Morgan fingerprint density at radius 3 is 2.77 bits per heavy atom. The topological polar surface area (TPSA) is 44.6 Å². The molecule has 3 rings (SSSR count). The predicted molar refractivity (Wildman–Crippen MR) is 104 cm³/mol. The van der Waals surface area contributed by atoms with Gasteiger partial charge in [0.15, 0.2) is 0 Å². The standard InChI is InChI=1S/C20H35N5O/c1-5-24-9-8-20(7-6-19(24)26)15-23(11-10-22(20)4)14-18-12-21-16-25(18)13-17(2)3/h12,16-17H,5-11,13-15H2,1-4H3/t20-/m1/s1. The number of aromatic nitrogens is 2. The fraction of sp³-hybridized carbons (Fsp3) is 0.800. The van der Waals surface area contributed by atoms with E-state index in [4.69, 9.17) is 0 Å². The molecular formula is C20H35N5O. The zero-order valence-electron chi connectivity index (χ0n) is 16.9. The number of rotatable bonds is 5. The van der Waals surface area contributed by atoms with Gasteiger partial charge < -0.3 is 9.47 Å². The van der Waals surface area contributed by atoms with Crippen LogP contribution in [0.4, 0.5) is 0 Å². The van der Waals surface area contributed by atoms with Gasteiger partial charge in [-0.05, 0) is 32.7 Å². The summed E-state index contributed by atoms with van der Waals surface area (Å²) >= 11 is 0. The first kappa shape index (κ1) is 19.4. The molecule has 1 atom stereocenters. The molecule has 6 nitrogen and oxygen atoms in total. The third-order valence-electron chi connectivity index (χ3n) is 6.21. The number of carbonyl (C=O) groups excluding carboxylic acids is 1. The van der Waals surface area contributed by atoms with E-state index in [0.29, 0.717) is 18.2 Å². The van der Waals surface area contributed by atoms with E-state index in [1.165, 1.54) is 5.69 Å². The Hall–Kier alpha value is -1.40. The highest BCUT2D eigenvalue weighted by atomic mass is 16.2. The van der Waals surface area contributed by atoms with Crippen molar-refractivity contribution >= 4 is 5.91 Å². The maximum Gasteiger partial charge on any atom is 0.222 e. The number of carbonyl (C=O) groups is 1. The lowest BCUT2D eigenvalue weighted by Crippen LogP contribution is -2.60. The molecular weight excluding hydrogens is 326 g/mol. The van der Waals surface area contributed by atoms with Crippen LogP contribution in [0.25, 0.3) is 0 Å². The molecule has 0 saturated carbocycles.